The highest BCUT2D eigenvalue weighted by Crippen LogP contribution is 2.29. The number of nitrogens with two attached hydrogens (primary N) is 1. The molecule has 0 radical (unpaired) electrons. The molecule has 1 saturated heterocycles. The van der Waals surface area contributed by atoms with E-state index in [1.54, 1.807) is 7.05 Å². The van der Waals surface area contributed by atoms with Gasteiger partial charge in [-0.2, -0.15) is 0 Å². The molecule has 0 spiro atoms. The Morgan fingerprint density at radius 2 is 2.42 bits per heavy atom. The molecule has 1 aromatic rings. The van der Waals surface area contributed by atoms with Crippen LogP contribution in [0.5, 0.6) is 0 Å². The average Bonchev–Trinajstić information content (AvgIpc) is 2.46. The van der Waals surface area contributed by atoms with Crippen LogP contribution >= 0.6 is 15.9 Å². The number of nitrogens with one attached hydrogen (secondary N) is 1. The molecule has 1 amide bonds. The Kier molecular flexibility index (Phi) is 4.79. The van der Waals surface area contributed by atoms with Gasteiger partial charge >= 0.3 is 0 Å². The number of likely N-dealkylation sites (N-methyl/N-ethyl adjacent to an activating group) is 1. The lowest BCUT2D eigenvalue weighted by Crippen LogP contribution is -2.53. The molecule has 1 unspecified atom stereocenters. The largest absolute Gasteiger partial charge is 0.377 e. The van der Waals surface area contributed by atoms with Crippen LogP contribution in [0.15, 0.2) is 22.7 Å². The molecule has 1 aliphatic rings. The minimum absolute atomic E-state index is 0.0392. The minimum Gasteiger partial charge on any atom is -0.377 e. The molecule has 0 bridgehead atoms. The van der Waals surface area contributed by atoms with Crippen molar-refractivity contribution in [2.45, 2.75) is 12.6 Å². The molecule has 104 valence electrons. The summed E-state index contributed by atoms with van der Waals surface area (Å²) >= 11 is 3.51. The van der Waals surface area contributed by atoms with E-state index < -0.39 is 0 Å². The fourth-order valence-corrected chi connectivity index (χ4v) is 2.81. The van der Waals surface area contributed by atoms with Crippen molar-refractivity contribution in [2.24, 2.45) is 5.73 Å². The number of benzene rings is 1. The number of ether oxygens (including phenoxy) is 1. The zero-order valence-electron chi connectivity index (χ0n) is 10.9. The summed E-state index contributed by atoms with van der Waals surface area (Å²) in [4.78, 5) is 14.0. The molecule has 6 heteroatoms. The van der Waals surface area contributed by atoms with Crippen molar-refractivity contribution in [1.29, 1.82) is 0 Å². The van der Waals surface area contributed by atoms with Crippen LogP contribution in [0.2, 0.25) is 0 Å². The van der Waals surface area contributed by atoms with E-state index in [2.05, 4.69) is 26.1 Å². The lowest BCUT2D eigenvalue weighted by atomic mass is 10.1. The summed E-state index contributed by atoms with van der Waals surface area (Å²) in [5.41, 5.74) is 7.83. The average molecular weight is 328 g/mol. The summed E-state index contributed by atoms with van der Waals surface area (Å²) in [6.45, 7) is 2.12. The van der Waals surface area contributed by atoms with Gasteiger partial charge in [0.25, 0.3) is 0 Å². The second-order valence-corrected chi connectivity index (χ2v) is 5.19. The minimum atomic E-state index is -0.307. The molecule has 19 heavy (non-hydrogen) atoms. The van der Waals surface area contributed by atoms with Gasteiger partial charge in [0.2, 0.25) is 5.91 Å². The first-order valence-corrected chi connectivity index (χ1v) is 7.01. The molecule has 5 nitrogen and oxygen atoms in total. The maximum absolute atomic E-state index is 12.0. The topological polar surface area (TPSA) is 67.6 Å². The van der Waals surface area contributed by atoms with E-state index in [0.29, 0.717) is 26.3 Å². The molecular weight excluding hydrogens is 310 g/mol. The second kappa shape index (κ2) is 6.36. The SMILES string of the molecule is CNC(=O)C1COCCN1c1cccc(Br)c1CN. The molecular formula is C13H18BrN3O2. The fraction of sp³-hybridized carbons (Fsp3) is 0.462. The normalized spacial score (nSPS) is 19.3. The highest BCUT2D eigenvalue weighted by atomic mass is 79.9. The highest BCUT2D eigenvalue weighted by Gasteiger charge is 2.30. The quantitative estimate of drug-likeness (QED) is 0.864. The molecule has 1 heterocycles. The number of carbonyl (C=O) groups excluding carboxylic acids is 1. The Balaban J connectivity index is 2.37. The van der Waals surface area contributed by atoms with Crippen LogP contribution in [0.4, 0.5) is 5.69 Å². The zero-order chi connectivity index (χ0) is 13.8. The first kappa shape index (κ1) is 14.3. The smallest absolute Gasteiger partial charge is 0.244 e. The molecule has 0 aromatic heterocycles. The number of anilines is 1. The maximum Gasteiger partial charge on any atom is 0.244 e. The van der Waals surface area contributed by atoms with E-state index in [9.17, 15) is 4.79 Å². The van der Waals surface area contributed by atoms with E-state index >= 15 is 0 Å². The van der Waals surface area contributed by atoms with Gasteiger partial charge < -0.3 is 20.7 Å². The van der Waals surface area contributed by atoms with Gasteiger partial charge in [-0.25, -0.2) is 0 Å². The summed E-state index contributed by atoms with van der Waals surface area (Å²) in [6.07, 6.45) is 0. The van der Waals surface area contributed by atoms with Crippen molar-refractivity contribution < 1.29 is 9.53 Å². The van der Waals surface area contributed by atoms with Crippen molar-refractivity contribution in [1.82, 2.24) is 5.32 Å². The van der Waals surface area contributed by atoms with Gasteiger partial charge in [0.1, 0.15) is 6.04 Å². The van der Waals surface area contributed by atoms with E-state index in [1.165, 1.54) is 0 Å². The molecule has 1 fully saturated rings. The van der Waals surface area contributed by atoms with Crippen molar-refractivity contribution in [3.63, 3.8) is 0 Å². The van der Waals surface area contributed by atoms with Gasteiger partial charge in [-0.3, -0.25) is 4.79 Å². The summed E-state index contributed by atoms with van der Waals surface area (Å²) in [6, 6.07) is 5.60. The Morgan fingerprint density at radius 3 is 3.11 bits per heavy atom. The molecule has 1 aliphatic heterocycles. The third-order valence-corrected chi connectivity index (χ3v) is 4.03. The summed E-state index contributed by atoms with van der Waals surface area (Å²) in [5, 5.41) is 2.68. The van der Waals surface area contributed by atoms with Crippen molar-refractivity contribution in [3.8, 4) is 0 Å². The number of amides is 1. The predicted molar refractivity (Wildman–Crippen MR) is 78.1 cm³/mol. The van der Waals surface area contributed by atoms with Gasteiger partial charge in [-0.15, -0.1) is 0 Å². The monoisotopic (exact) mass is 327 g/mol. The van der Waals surface area contributed by atoms with Crippen LogP contribution in [0.3, 0.4) is 0 Å². The van der Waals surface area contributed by atoms with E-state index in [-0.39, 0.29) is 11.9 Å². The van der Waals surface area contributed by atoms with Gasteiger partial charge in [-0.05, 0) is 12.1 Å². The third kappa shape index (κ3) is 2.91. The lowest BCUT2D eigenvalue weighted by Gasteiger charge is -2.37. The Hall–Kier alpha value is -1.11. The number of hydrogen-bond donors (Lipinski definition) is 2. The second-order valence-electron chi connectivity index (χ2n) is 4.34. The summed E-state index contributed by atoms with van der Waals surface area (Å²) in [5.74, 6) is -0.0392. The summed E-state index contributed by atoms with van der Waals surface area (Å²) in [7, 11) is 1.64. The standard InChI is InChI=1S/C13H18BrN3O2/c1-16-13(18)12-8-19-6-5-17(12)11-4-2-3-10(14)9(11)7-15/h2-4,12H,5-8,15H2,1H3,(H,16,18). The number of hydrogen-bond acceptors (Lipinski definition) is 4. The van der Waals surface area contributed by atoms with E-state index in [1.807, 2.05) is 18.2 Å². The third-order valence-electron chi connectivity index (χ3n) is 3.29. The molecule has 1 aromatic carbocycles. The van der Waals surface area contributed by atoms with E-state index in [0.717, 1.165) is 15.7 Å². The number of morpholine rings is 1. The molecule has 2 rings (SSSR count). The van der Waals surface area contributed by atoms with E-state index in [4.69, 9.17) is 10.5 Å². The number of halogens is 1. The lowest BCUT2D eigenvalue weighted by molar-refractivity contribution is -0.124. The van der Waals surface area contributed by atoms with Gasteiger partial charge in [0.05, 0.1) is 13.2 Å². The number of carbonyl (C=O) groups is 1. The maximum atomic E-state index is 12.0. The Bertz CT molecular complexity index is 467. The number of nitrogens with zero attached hydrogens (tertiary/aromatic N) is 1. The zero-order valence-corrected chi connectivity index (χ0v) is 12.4. The fourth-order valence-electron chi connectivity index (χ4n) is 2.29. The first-order valence-electron chi connectivity index (χ1n) is 6.22. The van der Waals surface area contributed by atoms with Crippen molar-refractivity contribution >= 4 is 27.5 Å². The van der Waals surface area contributed by atoms with Gasteiger partial charge in [0.15, 0.2) is 0 Å². The molecule has 0 saturated carbocycles. The predicted octanol–water partition coefficient (Wildman–Crippen LogP) is 0.859. The van der Waals surface area contributed by atoms with Gasteiger partial charge in [-0.1, -0.05) is 22.0 Å². The van der Waals surface area contributed by atoms with Crippen LogP contribution in [0.1, 0.15) is 5.56 Å². The Morgan fingerprint density at radius 1 is 1.63 bits per heavy atom. The molecule has 3 N–H and O–H groups in total. The van der Waals surface area contributed by atoms with Crippen LogP contribution in [-0.2, 0) is 16.1 Å². The Labute approximate surface area is 121 Å². The van der Waals surface area contributed by atoms with Crippen molar-refractivity contribution in [2.75, 3.05) is 31.7 Å². The summed E-state index contributed by atoms with van der Waals surface area (Å²) < 4.78 is 6.38. The van der Waals surface area contributed by atoms with Crippen LogP contribution in [-0.4, -0.2) is 38.8 Å². The van der Waals surface area contributed by atoms with Crippen LogP contribution in [0.25, 0.3) is 0 Å². The molecule has 1 atom stereocenters. The molecule has 0 aliphatic carbocycles. The van der Waals surface area contributed by atoms with Gasteiger partial charge in [0, 0.05) is 35.9 Å². The van der Waals surface area contributed by atoms with Crippen LogP contribution in [0, 0.1) is 0 Å². The highest BCUT2D eigenvalue weighted by molar-refractivity contribution is 9.10. The number of rotatable bonds is 3. The van der Waals surface area contributed by atoms with Crippen molar-refractivity contribution in [3.05, 3.63) is 28.2 Å². The first-order chi connectivity index (χ1) is 9.19. The van der Waals surface area contributed by atoms with Crippen LogP contribution < -0.4 is 16.0 Å².